The minimum Gasteiger partial charge on any atom is -0.324 e. The number of rotatable bonds is 4. The van der Waals surface area contributed by atoms with Crippen molar-refractivity contribution in [3.05, 3.63) is 100 Å². The Labute approximate surface area is 248 Å². The fourth-order valence-corrected chi connectivity index (χ4v) is 6.23. The van der Waals surface area contributed by atoms with Gasteiger partial charge < -0.3 is 9.80 Å². The highest BCUT2D eigenvalue weighted by Crippen LogP contribution is 2.39. The molecule has 2 amide bonds. The zero-order valence-corrected chi connectivity index (χ0v) is 23.5. The molecule has 0 saturated carbocycles. The summed E-state index contributed by atoms with van der Waals surface area (Å²) >= 11 is 6.65. The van der Waals surface area contributed by atoms with E-state index in [9.17, 15) is 22.8 Å². The molecule has 0 saturated heterocycles. The van der Waals surface area contributed by atoms with Gasteiger partial charge in [-0.3, -0.25) is 9.59 Å². The van der Waals surface area contributed by atoms with E-state index < -0.39 is 23.7 Å². The summed E-state index contributed by atoms with van der Waals surface area (Å²) in [6, 6.07) is 15.8. The second-order valence-electron chi connectivity index (χ2n) is 10.5. The normalized spacial score (nSPS) is 17.0. The average Bonchev–Trinajstić information content (AvgIpc) is 3.50. The van der Waals surface area contributed by atoms with Crippen LogP contribution in [0.5, 0.6) is 0 Å². The summed E-state index contributed by atoms with van der Waals surface area (Å²) in [6.45, 7) is 0.592. The first kappa shape index (κ1) is 27.1. The molecule has 0 unspecified atom stereocenters. The van der Waals surface area contributed by atoms with Crippen molar-refractivity contribution in [2.75, 3.05) is 18.5 Å². The van der Waals surface area contributed by atoms with E-state index >= 15 is 0 Å². The largest absolute Gasteiger partial charge is 0.420 e. The molecular formula is C30H23ClF3N7O2. The number of benzene rings is 2. The number of aromatic nitrogens is 5. The molecule has 0 aliphatic carbocycles. The van der Waals surface area contributed by atoms with Gasteiger partial charge in [0.1, 0.15) is 16.8 Å². The minimum atomic E-state index is -4.66. The molecule has 43 heavy (non-hydrogen) atoms. The summed E-state index contributed by atoms with van der Waals surface area (Å²) in [5.74, 6) is -1.14. The van der Waals surface area contributed by atoms with Crippen LogP contribution in [0.15, 0.2) is 66.9 Å². The molecule has 0 radical (unpaired) electrons. The SMILES string of the molecule is CN1C(=O)[C@@H](N2CCc3c(nn(Cc4ccccc4)c3Cl)C2=O)Cc2nn(-c3ncccc3C(F)(F)F)c3cccc1c23. The highest BCUT2D eigenvalue weighted by molar-refractivity contribution is 6.31. The van der Waals surface area contributed by atoms with Gasteiger partial charge in [0, 0.05) is 37.2 Å². The monoisotopic (exact) mass is 605 g/mol. The second kappa shape index (κ2) is 9.94. The first-order valence-electron chi connectivity index (χ1n) is 13.5. The van der Waals surface area contributed by atoms with E-state index in [1.54, 1.807) is 29.9 Å². The molecule has 1 atom stereocenters. The number of halogens is 4. The number of nitrogens with zero attached hydrogens (tertiary/aromatic N) is 7. The fourth-order valence-electron chi connectivity index (χ4n) is 5.95. The van der Waals surface area contributed by atoms with Crippen LogP contribution >= 0.6 is 11.6 Å². The van der Waals surface area contributed by atoms with Crippen LogP contribution in [0.4, 0.5) is 18.9 Å². The molecule has 3 aromatic heterocycles. The van der Waals surface area contributed by atoms with E-state index in [4.69, 9.17) is 11.6 Å². The van der Waals surface area contributed by atoms with Crippen LogP contribution in [0.1, 0.15) is 32.9 Å². The zero-order valence-electron chi connectivity index (χ0n) is 22.7. The van der Waals surface area contributed by atoms with Crippen molar-refractivity contribution in [2.24, 2.45) is 0 Å². The Morgan fingerprint density at radius 3 is 2.56 bits per heavy atom. The molecular weight excluding hydrogens is 583 g/mol. The number of amides is 2. The van der Waals surface area contributed by atoms with Gasteiger partial charge in [-0.25, -0.2) is 14.3 Å². The van der Waals surface area contributed by atoms with Crippen molar-refractivity contribution in [2.45, 2.75) is 31.6 Å². The third kappa shape index (κ3) is 4.35. The van der Waals surface area contributed by atoms with Gasteiger partial charge in [-0.2, -0.15) is 23.4 Å². The zero-order chi connectivity index (χ0) is 30.0. The van der Waals surface area contributed by atoms with Crippen LogP contribution in [-0.4, -0.2) is 60.9 Å². The summed E-state index contributed by atoms with van der Waals surface area (Å²) in [4.78, 5) is 34.6. The fraction of sp³-hybridized carbons (Fsp3) is 0.233. The average molecular weight is 606 g/mol. The third-order valence-electron chi connectivity index (χ3n) is 8.01. The van der Waals surface area contributed by atoms with E-state index in [1.807, 2.05) is 30.3 Å². The van der Waals surface area contributed by atoms with Gasteiger partial charge in [-0.1, -0.05) is 48.0 Å². The molecule has 0 N–H and O–H groups in total. The van der Waals surface area contributed by atoms with Gasteiger partial charge >= 0.3 is 6.18 Å². The molecule has 5 heterocycles. The number of carbonyl (C=O) groups is 2. The van der Waals surface area contributed by atoms with Gasteiger partial charge in [0.15, 0.2) is 11.5 Å². The van der Waals surface area contributed by atoms with Crippen molar-refractivity contribution in [3.8, 4) is 5.82 Å². The van der Waals surface area contributed by atoms with Crippen LogP contribution < -0.4 is 4.90 Å². The Hall–Kier alpha value is -4.71. The highest BCUT2D eigenvalue weighted by atomic mass is 35.5. The van der Waals surface area contributed by atoms with Gasteiger partial charge in [-0.15, -0.1) is 0 Å². The molecule has 0 fully saturated rings. The maximum absolute atomic E-state index is 13.9. The summed E-state index contributed by atoms with van der Waals surface area (Å²) in [5, 5.41) is 10.00. The van der Waals surface area contributed by atoms with E-state index in [0.717, 1.165) is 11.6 Å². The van der Waals surface area contributed by atoms with Crippen molar-refractivity contribution < 1.29 is 22.8 Å². The Balaban J connectivity index is 1.28. The third-order valence-corrected chi connectivity index (χ3v) is 8.44. The molecule has 13 heteroatoms. The number of anilines is 1. The number of hydrogen-bond acceptors (Lipinski definition) is 5. The van der Waals surface area contributed by atoms with Crippen LogP contribution in [0, 0.1) is 0 Å². The lowest BCUT2D eigenvalue weighted by molar-refractivity contribution is -0.137. The molecule has 7 rings (SSSR count). The van der Waals surface area contributed by atoms with E-state index in [2.05, 4.69) is 15.2 Å². The number of carbonyl (C=O) groups excluding carboxylic acids is 2. The van der Waals surface area contributed by atoms with Gasteiger partial charge in [0.25, 0.3) is 5.91 Å². The van der Waals surface area contributed by atoms with Crippen molar-refractivity contribution >= 4 is 40.0 Å². The molecule has 2 aromatic carbocycles. The molecule has 9 nitrogen and oxygen atoms in total. The molecule has 2 aliphatic rings. The summed E-state index contributed by atoms with van der Waals surface area (Å²) in [5.41, 5.74) is 2.08. The Morgan fingerprint density at radius 1 is 1.00 bits per heavy atom. The highest BCUT2D eigenvalue weighted by Gasteiger charge is 2.42. The van der Waals surface area contributed by atoms with Crippen molar-refractivity contribution in [1.82, 2.24) is 29.4 Å². The molecule has 5 aromatic rings. The van der Waals surface area contributed by atoms with Crippen LogP contribution in [0.25, 0.3) is 16.7 Å². The van der Waals surface area contributed by atoms with Gasteiger partial charge in [0.2, 0.25) is 5.91 Å². The predicted octanol–water partition coefficient (Wildman–Crippen LogP) is 4.92. The van der Waals surface area contributed by atoms with E-state index in [1.165, 1.54) is 26.7 Å². The molecule has 218 valence electrons. The van der Waals surface area contributed by atoms with Crippen molar-refractivity contribution in [3.63, 3.8) is 0 Å². The van der Waals surface area contributed by atoms with Crippen molar-refractivity contribution in [1.29, 1.82) is 0 Å². The first-order valence-corrected chi connectivity index (χ1v) is 13.9. The number of hydrogen-bond donors (Lipinski definition) is 0. The number of fused-ring (bicyclic) bond motifs is 1. The predicted molar refractivity (Wildman–Crippen MR) is 152 cm³/mol. The Bertz CT molecular complexity index is 1920. The van der Waals surface area contributed by atoms with E-state index in [-0.39, 0.29) is 30.4 Å². The summed E-state index contributed by atoms with van der Waals surface area (Å²) in [6.07, 6.45) is -2.99. The second-order valence-corrected chi connectivity index (χ2v) is 10.9. The first-order chi connectivity index (χ1) is 20.6. The Morgan fingerprint density at radius 2 is 1.79 bits per heavy atom. The lowest BCUT2D eigenvalue weighted by Gasteiger charge is -2.34. The quantitative estimate of drug-likeness (QED) is 0.290. The maximum atomic E-state index is 13.9. The van der Waals surface area contributed by atoms with Crippen LogP contribution in [0.3, 0.4) is 0 Å². The molecule has 0 spiro atoms. The van der Waals surface area contributed by atoms with Crippen LogP contribution in [0.2, 0.25) is 5.15 Å². The van der Waals surface area contributed by atoms with Gasteiger partial charge in [0.05, 0.1) is 23.4 Å². The lowest BCUT2D eigenvalue weighted by Crippen LogP contribution is -2.53. The lowest BCUT2D eigenvalue weighted by atomic mass is 10.0. The topological polar surface area (TPSA) is 89.2 Å². The summed E-state index contributed by atoms with van der Waals surface area (Å²) < 4.78 is 44.5. The standard InChI is InChI=1S/C30H23ClF3N7O2/c1-38-21-10-5-11-22-24(21)20(36-41(22)27-19(30(32,33)34)9-6-13-35-27)15-23(28(38)42)39-14-12-18-25(29(39)43)37-40(26(18)31)16-17-7-3-2-4-8-17/h2-11,13,23H,12,14-16H2,1H3/t23-/m0/s1. The van der Waals surface area contributed by atoms with E-state index in [0.29, 0.717) is 46.0 Å². The number of alkyl halides is 3. The Kier molecular flexibility index (Phi) is 6.27. The van der Waals surface area contributed by atoms with Gasteiger partial charge in [-0.05, 0) is 36.2 Å². The maximum Gasteiger partial charge on any atom is 0.420 e. The number of pyridine rings is 1. The van der Waals surface area contributed by atoms with Crippen LogP contribution in [-0.2, 0) is 30.4 Å². The molecule has 2 aliphatic heterocycles. The summed E-state index contributed by atoms with van der Waals surface area (Å²) in [7, 11) is 1.59. The minimum absolute atomic E-state index is 0.00258. The number of likely N-dealkylation sites (N-methyl/N-ethyl adjacent to an activating group) is 1. The smallest absolute Gasteiger partial charge is 0.324 e. The molecule has 0 bridgehead atoms.